The normalized spacial score (nSPS) is 14.9. The van der Waals surface area contributed by atoms with Crippen LogP contribution < -0.4 is 4.90 Å². The highest BCUT2D eigenvalue weighted by Gasteiger charge is 2.34. The van der Waals surface area contributed by atoms with E-state index in [0.29, 0.717) is 27.5 Å². The zero-order valence-electron chi connectivity index (χ0n) is 13.1. The number of ether oxygens (including phenoxy) is 1. The number of esters is 1. The molecule has 0 spiro atoms. The number of benzene rings is 2. The lowest BCUT2D eigenvalue weighted by atomic mass is 10.1. The van der Waals surface area contributed by atoms with E-state index in [0.717, 1.165) is 4.90 Å². The number of anilines is 1. The molecule has 4 nitrogen and oxygen atoms in total. The second-order valence-electron chi connectivity index (χ2n) is 5.06. The van der Waals surface area contributed by atoms with Crippen LogP contribution in [0.1, 0.15) is 15.9 Å². The Balaban J connectivity index is 2.21. The van der Waals surface area contributed by atoms with E-state index in [1.54, 1.807) is 30.3 Å². The maximum atomic E-state index is 12.9. The lowest BCUT2D eigenvalue weighted by Gasteiger charge is -2.21. The van der Waals surface area contributed by atoms with Gasteiger partial charge in [0.1, 0.15) is 0 Å². The summed E-state index contributed by atoms with van der Waals surface area (Å²) in [4.78, 5) is 27.1. The second kappa shape index (κ2) is 6.71. The molecule has 1 aliphatic rings. The van der Waals surface area contributed by atoms with Crippen LogP contribution in [0.4, 0.5) is 5.69 Å². The SMILES string of the molecule is COC(=O)/C=C1\c2ccccc2C(=O)N1c1ccc(Cl)cc1SC. The lowest BCUT2D eigenvalue weighted by molar-refractivity contribution is -0.134. The maximum Gasteiger partial charge on any atom is 0.332 e. The molecule has 0 saturated heterocycles. The quantitative estimate of drug-likeness (QED) is 0.467. The molecule has 0 N–H and O–H groups in total. The van der Waals surface area contributed by atoms with Crippen LogP contribution >= 0.6 is 23.4 Å². The molecule has 1 heterocycles. The Morgan fingerprint density at radius 1 is 1.21 bits per heavy atom. The van der Waals surface area contributed by atoms with Gasteiger partial charge in [0, 0.05) is 27.1 Å². The zero-order valence-corrected chi connectivity index (χ0v) is 14.6. The van der Waals surface area contributed by atoms with Crippen LogP contribution in [0, 0.1) is 0 Å². The van der Waals surface area contributed by atoms with Crippen molar-refractivity contribution >= 4 is 46.6 Å². The number of hydrogen-bond donors (Lipinski definition) is 0. The number of carbonyl (C=O) groups is 2. The summed E-state index contributed by atoms with van der Waals surface area (Å²) in [5.41, 5.74) is 2.44. The van der Waals surface area contributed by atoms with E-state index in [4.69, 9.17) is 16.3 Å². The maximum absolute atomic E-state index is 12.9. The molecular weight excluding hydrogens is 346 g/mol. The number of halogens is 1. The number of carbonyl (C=O) groups excluding carboxylic acids is 2. The number of thioether (sulfide) groups is 1. The third-order valence-electron chi connectivity index (χ3n) is 3.72. The summed E-state index contributed by atoms with van der Waals surface area (Å²) in [6.45, 7) is 0. The van der Waals surface area contributed by atoms with E-state index in [9.17, 15) is 9.59 Å². The molecule has 0 fully saturated rings. The van der Waals surface area contributed by atoms with Crippen LogP contribution in [0.15, 0.2) is 53.4 Å². The third-order valence-corrected chi connectivity index (χ3v) is 4.72. The van der Waals surface area contributed by atoms with E-state index >= 15 is 0 Å². The van der Waals surface area contributed by atoms with E-state index in [-0.39, 0.29) is 5.91 Å². The average molecular weight is 360 g/mol. The molecule has 2 aromatic rings. The molecule has 0 aliphatic carbocycles. The van der Waals surface area contributed by atoms with E-state index < -0.39 is 5.97 Å². The van der Waals surface area contributed by atoms with E-state index in [1.807, 2.05) is 18.4 Å². The van der Waals surface area contributed by atoms with Gasteiger partial charge in [0.2, 0.25) is 0 Å². The predicted octanol–water partition coefficient (Wildman–Crippen LogP) is 4.24. The van der Waals surface area contributed by atoms with Gasteiger partial charge in [0.15, 0.2) is 0 Å². The summed E-state index contributed by atoms with van der Waals surface area (Å²) in [5.74, 6) is -0.697. The number of nitrogens with zero attached hydrogens (tertiary/aromatic N) is 1. The van der Waals surface area contributed by atoms with Crippen molar-refractivity contribution in [3.63, 3.8) is 0 Å². The first-order valence-corrected chi connectivity index (χ1v) is 8.74. The molecule has 0 aromatic heterocycles. The lowest BCUT2D eigenvalue weighted by Crippen LogP contribution is -2.23. The summed E-state index contributed by atoms with van der Waals surface area (Å²) in [5, 5.41) is 0.589. The molecule has 122 valence electrons. The van der Waals surface area contributed by atoms with Crippen molar-refractivity contribution in [2.24, 2.45) is 0 Å². The van der Waals surface area contributed by atoms with Crippen LogP contribution in [0.5, 0.6) is 0 Å². The summed E-state index contributed by atoms with van der Waals surface area (Å²) in [7, 11) is 1.31. The summed E-state index contributed by atoms with van der Waals surface area (Å²) in [6, 6.07) is 12.5. The van der Waals surface area contributed by atoms with Crippen LogP contribution in [-0.2, 0) is 9.53 Å². The second-order valence-corrected chi connectivity index (χ2v) is 6.34. The van der Waals surface area contributed by atoms with E-state index in [1.165, 1.54) is 29.8 Å². The monoisotopic (exact) mass is 359 g/mol. The number of fused-ring (bicyclic) bond motifs is 1. The fourth-order valence-electron chi connectivity index (χ4n) is 2.63. The number of hydrogen-bond acceptors (Lipinski definition) is 4. The zero-order chi connectivity index (χ0) is 17.3. The molecular formula is C18H14ClNO3S. The Morgan fingerprint density at radius 3 is 2.58 bits per heavy atom. The van der Waals surface area contributed by atoms with Gasteiger partial charge in [0.05, 0.1) is 18.5 Å². The van der Waals surface area contributed by atoms with Gasteiger partial charge in [-0.2, -0.15) is 0 Å². The Kier molecular flexibility index (Phi) is 4.64. The Labute approximate surface area is 149 Å². The average Bonchev–Trinajstić information content (AvgIpc) is 2.87. The minimum atomic E-state index is -0.515. The highest BCUT2D eigenvalue weighted by Crippen LogP contribution is 2.41. The summed E-state index contributed by atoms with van der Waals surface area (Å²) < 4.78 is 4.74. The molecule has 0 radical (unpaired) electrons. The van der Waals surface area contributed by atoms with Crippen molar-refractivity contribution in [3.8, 4) is 0 Å². The van der Waals surface area contributed by atoms with Crippen molar-refractivity contribution in [1.29, 1.82) is 0 Å². The van der Waals surface area contributed by atoms with Crippen LogP contribution in [-0.4, -0.2) is 25.2 Å². The van der Waals surface area contributed by atoms with Crippen LogP contribution in [0.3, 0.4) is 0 Å². The molecule has 0 bridgehead atoms. The van der Waals surface area contributed by atoms with Crippen molar-refractivity contribution in [1.82, 2.24) is 0 Å². The number of methoxy groups -OCH3 is 1. The van der Waals surface area contributed by atoms with Gasteiger partial charge in [-0.25, -0.2) is 4.79 Å². The molecule has 0 atom stereocenters. The summed E-state index contributed by atoms with van der Waals surface area (Å²) in [6.07, 6.45) is 3.25. The molecule has 0 unspecified atom stereocenters. The molecule has 0 saturated carbocycles. The summed E-state index contributed by atoms with van der Waals surface area (Å²) >= 11 is 7.55. The molecule has 6 heteroatoms. The standard InChI is InChI=1S/C18H14ClNO3S/c1-23-17(21)10-15-12-5-3-4-6-13(12)18(22)20(15)14-8-7-11(19)9-16(14)24-2/h3-10H,1-2H3/b15-10+. The molecule has 24 heavy (non-hydrogen) atoms. The Morgan fingerprint density at radius 2 is 1.92 bits per heavy atom. The Hall–Kier alpha value is -2.24. The fourth-order valence-corrected chi connectivity index (χ4v) is 3.48. The number of amides is 1. The topological polar surface area (TPSA) is 46.6 Å². The van der Waals surface area contributed by atoms with Gasteiger partial charge in [-0.15, -0.1) is 11.8 Å². The van der Waals surface area contributed by atoms with Gasteiger partial charge in [0.25, 0.3) is 5.91 Å². The van der Waals surface area contributed by atoms with Gasteiger partial charge in [-0.05, 0) is 30.5 Å². The van der Waals surface area contributed by atoms with Crippen molar-refractivity contribution in [3.05, 3.63) is 64.7 Å². The highest BCUT2D eigenvalue weighted by atomic mass is 35.5. The Bertz CT molecular complexity index is 863. The molecule has 1 amide bonds. The van der Waals surface area contributed by atoms with Gasteiger partial charge < -0.3 is 4.74 Å². The van der Waals surface area contributed by atoms with Crippen molar-refractivity contribution < 1.29 is 14.3 Å². The molecule has 1 aliphatic heterocycles. The van der Waals surface area contributed by atoms with Gasteiger partial charge in [-0.3, -0.25) is 9.69 Å². The van der Waals surface area contributed by atoms with Crippen molar-refractivity contribution in [2.75, 3.05) is 18.3 Å². The van der Waals surface area contributed by atoms with Crippen LogP contribution in [0.25, 0.3) is 5.70 Å². The van der Waals surface area contributed by atoms with E-state index in [2.05, 4.69) is 0 Å². The fraction of sp³-hybridized carbons (Fsp3) is 0.111. The first-order chi connectivity index (χ1) is 11.6. The largest absolute Gasteiger partial charge is 0.466 e. The smallest absolute Gasteiger partial charge is 0.332 e. The van der Waals surface area contributed by atoms with Crippen molar-refractivity contribution in [2.45, 2.75) is 4.90 Å². The van der Waals surface area contributed by atoms with Crippen LogP contribution in [0.2, 0.25) is 5.02 Å². The molecule has 2 aromatic carbocycles. The molecule has 3 rings (SSSR count). The first kappa shape index (κ1) is 16.6. The predicted molar refractivity (Wildman–Crippen MR) is 96.5 cm³/mol. The highest BCUT2D eigenvalue weighted by molar-refractivity contribution is 7.98. The minimum Gasteiger partial charge on any atom is -0.466 e. The van der Waals surface area contributed by atoms with Gasteiger partial charge in [-0.1, -0.05) is 29.8 Å². The van der Waals surface area contributed by atoms with Gasteiger partial charge >= 0.3 is 5.97 Å². The minimum absolute atomic E-state index is 0.182. The number of rotatable bonds is 3. The first-order valence-electron chi connectivity index (χ1n) is 7.14. The third kappa shape index (κ3) is 2.81.